The molecule has 0 saturated carbocycles. The molecule has 0 radical (unpaired) electrons. The van der Waals surface area contributed by atoms with Crippen LogP contribution in [0.3, 0.4) is 0 Å². The number of likely N-dealkylation sites (tertiary alicyclic amines) is 1. The summed E-state index contributed by atoms with van der Waals surface area (Å²) in [6.45, 7) is 7.02. The van der Waals surface area contributed by atoms with Crippen molar-refractivity contribution in [1.29, 1.82) is 0 Å². The highest BCUT2D eigenvalue weighted by atomic mass is 16.6. The Bertz CT molecular complexity index is 531. The lowest BCUT2D eigenvalue weighted by Gasteiger charge is -2.36. The highest BCUT2D eigenvalue weighted by Gasteiger charge is 2.30. The quantitative estimate of drug-likeness (QED) is 0.927. The number of carbonyl (C=O) groups excluding carboxylic acids is 1. The molecular formula is C18H28N2O3. The minimum Gasteiger partial charge on any atom is -0.496 e. The number of hydrogen-bond donors (Lipinski definition) is 1. The number of ether oxygens (including phenoxy) is 2. The highest BCUT2D eigenvalue weighted by molar-refractivity contribution is 5.68. The Morgan fingerprint density at radius 1 is 1.26 bits per heavy atom. The molecule has 1 aromatic rings. The van der Waals surface area contributed by atoms with Crippen LogP contribution in [0.2, 0.25) is 0 Å². The van der Waals surface area contributed by atoms with Gasteiger partial charge in [0.25, 0.3) is 0 Å². The van der Waals surface area contributed by atoms with E-state index in [-0.39, 0.29) is 12.1 Å². The van der Waals surface area contributed by atoms with Crippen LogP contribution in [0.25, 0.3) is 0 Å². The van der Waals surface area contributed by atoms with E-state index in [1.165, 1.54) is 0 Å². The van der Waals surface area contributed by atoms with Crippen LogP contribution in [0.4, 0.5) is 4.79 Å². The maximum atomic E-state index is 12.1. The van der Waals surface area contributed by atoms with Gasteiger partial charge in [-0.05, 0) is 45.6 Å². The third kappa shape index (κ3) is 4.61. The first-order valence-electron chi connectivity index (χ1n) is 8.18. The smallest absolute Gasteiger partial charge is 0.410 e. The number of para-hydroxylation sites is 1. The molecule has 1 saturated heterocycles. The summed E-state index contributed by atoms with van der Waals surface area (Å²) in [7, 11) is 1.66. The molecule has 1 atom stereocenters. The first-order chi connectivity index (χ1) is 10.8. The van der Waals surface area contributed by atoms with E-state index < -0.39 is 5.60 Å². The largest absolute Gasteiger partial charge is 0.496 e. The Kier molecular flexibility index (Phi) is 5.52. The number of methoxy groups -OCH3 is 1. The summed E-state index contributed by atoms with van der Waals surface area (Å²) in [4.78, 5) is 13.9. The second-order valence-electron chi connectivity index (χ2n) is 7.07. The monoisotopic (exact) mass is 320 g/mol. The molecule has 0 bridgehead atoms. The summed E-state index contributed by atoms with van der Waals surface area (Å²) >= 11 is 0. The van der Waals surface area contributed by atoms with Gasteiger partial charge in [-0.1, -0.05) is 18.2 Å². The molecule has 1 heterocycles. The fourth-order valence-electron chi connectivity index (χ4n) is 2.96. The van der Waals surface area contributed by atoms with Gasteiger partial charge < -0.3 is 20.1 Å². The molecule has 5 heteroatoms. The molecule has 0 aliphatic carbocycles. The Morgan fingerprint density at radius 2 is 1.87 bits per heavy atom. The maximum absolute atomic E-state index is 12.1. The molecule has 5 nitrogen and oxygen atoms in total. The molecule has 1 aliphatic rings. The van der Waals surface area contributed by atoms with E-state index in [1.807, 2.05) is 45.0 Å². The lowest BCUT2D eigenvalue weighted by atomic mass is 9.85. The summed E-state index contributed by atoms with van der Waals surface area (Å²) in [6.07, 6.45) is 1.51. The minimum atomic E-state index is -0.457. The number of piperidine rings is 1. The molecule has 23 heavy (non-hydrogen) atoms. The zero-order valence-corrected chi connectivity index (χ0v) is 14.5. The minimum absolute atomic E-state index is 0.0769. The van der Waals surface area contributed by atoms with E-state index in [9.17, 15) is 4.79 Å². The normalized spacial score (nSPS) is 17.7. The van der Waals surface area contributed by atoms with E-state index in [0.717, 1.165) is 24.2 Å². The van der Waals surface area contributed by atoms with Crippen molar-refractivity contribution in [3.63, 3.8) is 0 Å². The Hall–Kier alpha value is -1.75. The second kappa shape index (κ2) is 7.21. The first kappa shape index (κ1) is 17.6. The van der Waals surface area contributed by atoms with Crippen molar-refractivity contribution in [2.75, 3.05) is 20.2 Å². The van der Waals surface area contributed by atoms with Crippen molar-refractivity contribution in [2.24, 2.45) is 11.7 Å². The molecule has 1 fully saturated rings. The molecule has 1 aromatic carbocycles. The van der Waals surface area contributed by atoms with E-state index in [4.69, 9.17) is 15.2 Å². The molecule has 1 unspecified atom stereocenters. The van der Waals surface area contributed by atoms with Crippen LogP contribution in [-0.2, 0) is 4.74 Å². The molecule has 2 N–H and O–H groups in total. The summed E-state index contributed by atoms with van der Waals surface area (Å²) in [5.74, 6) is 1.17. The molecule has 1 aliphatic heterocycles. The average molecular weight is 320 g/mol. The number of amides is 1. The van der Waals surface area contributed by atoms with E-state index in [1.54, 1.807) is 12.0 Å². The van der Waals surface area contributed by atoms with Crippen molar-refractivity contribution in [3.05, 3.63) is 29.8 Å². The lowest BCUT2D eigenvalue weighted by Crippen LogP contribution is -2.43. The maximum Gasteiger partial charge on any atom is 0.410 e. The van der Waals surface area contributed by atoms with Crippen LogP contribution in [0.15, 0.2) is 24.3 Å². The van der Waals surface area contributed by atoms with Crippen LogP contribution in [0.1, 0.15) is 45.2 Å². The van der Waals surface area contributed by atoms with E-state index >= 15 is 0 Å². The summed E-state index contributed by atoms with van der Waals surface area (Å²) in [5, 5.41) is 0. The Labute approximate surface area is 138 Å². The third-order valence-electron chi connectivity index (χ3n) is 4.20. The van der Waals surface area contributed by atoms with Gasteiger partial charge in [0.15, 0.2) is 0 Å². The molecule has 128 valence electrons. The predicted octanol–water partition coefficient (Wildman–Crippen LogP) is 3.34. The van der Waals surface area contributed by atoms with Crippen LogP contribution >= 0.6 is 0 Å². The van der Waals surface area contributed by atoms with Crippen LogP contribution < -0.4 is 10.5 Å². The fourth-order valence-corrected chi connectivity index (χ4v) is 2.96. The molecule has 0 aromatic heterocycles. The van der Waals surface area contributed by atoms with E-state index in [2.05, 4.69) is 0 Å². The number of rotatable bonds is 3. The van der Waals surface area contributed by atoms with Gasteiger partial charge in [0.2, 0.25) is 0 Å². The van der Waals surface area contributed by atoms with Crippen molar-refractivity contribution < 1.29 is 14.3 Å². The third-order valence-corrected chi connectivity index (χ3v) is 4.20. The van der Waals surface area contributed by atoms with Crippen molar-refractivity contribution in [2.45, 2.75) is 45.3 Å². The van der Waals surface area contributed by atoms with Crippen molar-refractivity contribution >= 4 is 6.09 Å². The number of nitrogens with zero attached hydrogens (tertiary/aromatic N) is 1. The number of nitrogens with two attached hydrogens (primary N) is 1. The fraction of sp³-hybridized carbons (Fsp3) is 0.611. The first-order valence-corrected chi connectivity index (χ1v) is 8.18. The second-order valence-corrected chi connectivity index (χ2v) is 7.07. The molecule has 0 spiro atoms. The Morgan fingerprint density at radius 3 is 2.43 bits per heavy atom. The Balaban J connectivity index is 1.95. The van der Waals surface area contributed by atoms with E-state index in [0.29, 0.717) is 19.0 Å². The van der Waals surface area contributed by atoms with Gasteiger partial charge in [-0.25, -0.2) is 4.79 Å². The predicted molar refractivity (Wildman–Crippen MR) is 90.5 cm³/mol. The van der Waals surface area contributed by atoms with Gasteiger partial charge in [0, 0.05) is 24.7 Å². The van der Waals surface area contributed by atoms with Gasteiger partial charge >= 0.3 is 6.09 Å². The number of benzene rings is 1. The van der Waals surface area contributed by atoms with Gasteiger partial charge in [0.1, 0.15) is 11.4 Å². The van der Waals surface area contributed by atoms with Gasteiger partial charge in [-0.2, -0.15) is 0 Å². The van der Waals surface area contributed by atoms with Crippen molar-refractivity contribution in [1.82, 2.24) is 4.90 Å². The zero-order valence-electron chi connectivity index (χ0n) is 14.5. The van der Waals surface area contributed by atoms with Crippen LogP contribution in [0, 0.1) is 5.92 Å². The van der Waals surface area contributed by atoms with Crippen LogP contribution in [-0.4, -0.2) is 36.8 Å². The average Bonchev–Trinajstić information content (AvgIpc) is 2.52. The van der Waals surface area contributed by atoms with Gasteiger partial charge in [0.05, 0.1) is 7.11 Å². The molecule has 1 amide bonds. The summed E-state index contributed by atoms with van der Waals surface area (Å²) in [5.41, 5.74) is 7.03. The van der Waals surface area contributed by atoms with Crippen LogP contribution in [0.5, 0.6) is 5.75 Å². The highest BCUT2D eigenvalue weighted by Crippen LogP contribution is 2.33. The standard InChI is InChI=1S/C18H28N2O3/c1-18(2,3)23-17(21)20-11-9-13(10-12-20)16(19)14-7-5-6-8-15(14)22-4/h5-8,13,16H,9-12,19H2,1-4H3. The van der Waals surface area contributed by atoms with Gasteiger partial charge in [-0.15, -0.1) is 0 Å². The zero-order chi connectivity index (χ0) is 17.0. The summed E-state index contributed by atoms with van der Waals surface area (Å²) in [6, 6.07) is 7.80. The summed E-state index contributed by atoms with van der Waals surface area (Å²) < 4.78 is 10.8. The molecular weight excluding hydrogens is 292 g/mol. The SMILES string of the molecule is COc1ccccc1C(N)C1CCN(C(=O)OC(C)(C)C)CC1. The van der Waals surface area contributed by atoms with Crippen molar-refractivity contribution in [3.8, 4) is 5.75 Å². The molecule has 2 rings (SSSR count). The topological polar surface area (TPSA) is 64.8 Å². The lowest BCUT2D eigenvalue weighted by molar-refractivity contribution is 0.0174. The number of hydrogen-bond acceptors (Lipinski definition) is 4. The van der Waals surface area contributed by atoms with Gasteiger partial charge in [-0.3, -0.25) is 0 Å². The number of carbonyl (C=O) groups is 1.